The van der Waals surface area contributed by atoms with Crippen molar-refractivity contribution in [3.05, 3.63) is 71.8 Å². The number of nitrogens with zero attached hydrogens (tertiary/aromatic N) is 1. The number of ether oxygens (including phenoxy) is 3. The Hall–Kier alpha value is -3.72. The van der Waals surface area contributed by atoms with Crippen LogP contribution in [0.3, 0.4) is 0 Å². The molecule has 0 fully saturated rings. The maximum Gasteiger partial charge on any atom is 0.267 e. The zero-order valence-corrected chi connectivity index (χ0v) is 20.2. The minimum atomic E-state index is -3.93. The van der Waals surface area contributed by atoms with Crippen molar-refractivity contribution in [2.24, 2.45) is 0 Å². The van der Waals surface area contributed by atoms with Gasteiger partial charge in [-0.2, -0.15) is 0 Å². The summed E-state index contributed by atoms with van der Waals surface area (Å²) in [6.07, 6.45) is -1.07. The van der Waals surface area contributed by atoms with Crippen LogP contribution in [0.4, 0.5) is 11.4 Å². The molecule has 0 saturated heterocycles. The monoisotopic (exact) mass is 482 g/mol. The van der Waals surface area contributed by atoms with Gasteiger partial charge in [-0.05, 0) is 55.8 Å². The Labute approximate surface area is 199 Å². The highest BCUT2D eigenvalue weighted by atomic mass is 32.2. The van der Waals surface area contributed by atoms with Crippen molar-refractivity contribution < 1.29 is 27.4 Å². The largest absolute Gasteiger partial charge is 0.493 e. The van der Waals surface area contributed by atoms with E-state index >= 15 is 0 Å². The second kappa shape index (κ2) is 9.26. The number of hydrogen-bond donors (Lipinski definition) is 1. The lowest BCUT2D eigenvalue weighted by atomic mass is 10.1. The molecule has 3 aromatic rings. The van der Waals surface area contributed by atoms with Gasteiger partial charge in [0, 0.05) is 11.8 Å². The molecule has 0 saturated carbocycles. The van der Waals surface area contributed by atoms with Crippen LogP contribution in [0, 0.1) is 13.8 Å². The summed E-state index contributed by atoms with van der Waals surface area (Å²) in [5.41, 5.74) is 2.69. The van der Waals surface area contributed by atoms with Crippen LogP contribution in [-0.2, 0) is 14.8 Å². The zero-order valence-electron chi connectivity index (χ0n) is 19.4. The molecule has 1 aliphatic rings. The average molecular weight is 483 g/mol. The highest BCUT2D eigenvalue weighted by molar-refractivity contribution is 7.92. The van der Waals surface area contributed by atoms with Crippen molar-refractivity contribution in [3.8, 4) is 17.2 Å². The normalized spacial score (nSPS) is 15.2. The lowest BCUT2D eigenvalue weighted by molar-refractivity contribution is -0.122. The first kappa shape index (κ1) is 23.4. The molecule has 0 spiro atoms. The smallest absolute Gasteiger partial charge is 0.267 e. The van der Waals surface area contributed by atoms with E-state index in [2.05, 4.69) is 5.32 Å². The summed E-state index contributed by atoms with van der Waals surface area (Å²) in [5.74, 6) is 0.821. The predicted molar refractivity (Wildman–Crippen MR) is 129 cm³/mol. The Morgan fingerprint density at radius 1 is 0.941 bits per heavy atom. The van der Waals surface area contributed by atoms with Gasteiger partial charge in [-0.25, -0.2) is 8.42 Å². The van der Waals surface area contributed by atoms with Gasteiger partial charge in [-0.3, -0.25) is 9.10 Å². The van der Waals surface area contributed by atoms with Gasteiger partial charge in [0.2, 0.25) is 0 Å². The first-order valence-electron chi connectivity index (χ1n) is 10.6. The molecular weight excluding hydrogens is 456 g/mol. The van der Waals surface area contributed by atoms with Crippen LogP contribution in [0.2, 0.25) is 0 Å². The highest BCUT2D eigenvalue weighted by Crippen LogP contribution is 2.38. The summed E-state index contributed by atoms with van der Waals surface area (Å²) in [4.78, 5) is 13.3. The van der Waals surface area contributed by atoms with Crippen molar-refractivity contribution in [3.63, 3.8) is 0 Å². The molecule has 1 N–H and O–H groups in total. The number of hydrogen-bond acceptors (Lipinski definition) is 6. The molecule has 1 aliphatic heterocycles. The Morgan fingerprint density at radius 3 is 2.29 bits per heavy atom. The van der Waals surface area contributed by atoms with Crippen LogP contribution in [0.5, 0.6) is 17.2 Å². The number of sulfonamides is 1. The number of fused-ring (bicyclic) bond motifs is 1. The number of carbonyl (C=O) groups excluding carboxylic acids is 1. The summed E-state index contributed by atoms with van der Waals surface area (Å²) in [6.45, 7) is 3.58. The number of anilines is 2. The summed E-state index contributed by atoms with van der Waals surface area (Å²) in [5, 5.41) is 2.78. The molecule has 1 heterocycles. The molecule has 4 rings (SSSR count). The van der Waals surface area contributed by atoms with Crippen molar-refractivity contribution >= 4 is 27.3 Å². The molecule has 3 aromatic carbocycles. The number of carbonyl (C=O) groups is 1. The lowest BCUT2D eigenvalue weighted by Gasteiger charge is -2.35. The van der Waals surface area contributed by atoms with Crippen LogP contribution >= 0.6 is 0 Å². The van der Waals surface area contributed by atoms with Gasteiger partial charge in [0.1, 0.15) is 5.75 Å². The van der Waals surface area contributed by atoms with E-state index < -0.39 is 22.0 Å². The van der Waals surface area contributed by atoms with Gasteiger partial charge in [-0.1, -0.05) is 23.8 Å². The van der Waals surface area contributed by atoms with Crippen LogP contribution in [0.15, 0.2) is 65.6 Å². The van der Waals surface area contributed by atoms with Crippen LogP contribution in [0.1, 0.15) is 11.1 Å². The Bertz CT molecular complexity index is 1320. The van der Waals surface area contributed by atoms with E-state index in [1.807, 2.05) is 19.9 Å². The zero-order chi connectivity index (χ0) is 24.5. The first-order chi connectivity index (χ1) is 16.2. The Balaban J connectivity index is 1.66. The van der Waals surface area contributed by atoms with E-state index in [9.17, 15) is 13.2 Å². The number of methoxy groups -OCH3 is 2. The maximum absolute atomic E-state index is 13.5. The minimum Gasteiger partial charge on any atom is -0.493 e. The third-order valence-electron chi connectivity index (χ3n) is 5.54. The fraction of sp³-hybridized carbons (Fsp3) is 0.240. The van der Waals surface area contributed by atoms with Crippen LogP contribution < -0.4 is 23.8 Å². The van der Waals surface area contributed by atoms with Gasteiger partial charge in [0.05, 0.1) is 31.3 Å². The summed E-state index contributed by atoms with van der Waals surface area (Å²) < 4.78 is 44.8. The molecule has 0 aliphatic carbocycles. The third-order valence-corrected chi connectivity index (χ3v) is 7.33. The van der Waals surface area contributed by atoms with E-state index in [0.29, 0.717) is 28.6 Å². The van der Waals surface area contributed by atoms with E-state index in [1.165, 1.54) is 18.5 Å². The molecule has 34 heavy (non-hydrogen) atoms. The fourth-order valence-corrected chi connectivity index (χ4v) is 5.18. The Morgan fingerprint density at radius 2 is 1.62 bits per heavy atom. The molecule has 178 valence electrons. The topological polar surface area (TPSA) is 94.2 Å². The number of rotatable bonds is 6. The van der Waals surface area contributed by atoms with Crippen molar-refractivity contribution in [2.45, 2.75) is 24.8 Å². The van der Waals surface area contributed by atoms with E-state index in [-0.39, 0.29) is 11.4 Å². The third kappa shape index (κ3) is 4.51. The number of nitrogens with one attached hydrogen (secondary N) is 1. The van der Waals surface area contributed by atoms with E-state index in [0.717, 1.165) is 11.1 Å². The van der Waals surface area contributed by atoms with E-state index in [1.54, 1.807) is 54.6 Å². The van der Waals surface area contributed by atoms with Crippen LogP contribution in [0.25, 0.3) is 0 Å². The molecule has 0 radical (unpaired) electrons. The van der Waals surface area contributed by atoms with Gasteiger partial charge in [0.25, 0.3) is 15.9 Å². The van der Waals surface area contributed by atoms with Gasteiger partial charge in [-0.15, -0.1) is 0 Å². The molecule has 0 unspecified atom stereocenters. The SMILES string of the molecule is COc1ccc(NC(=O)[C@@H]2CN(S(=O)(=O)c3ccc(C)cc3)c3ccc(C)cc3O2)cc1OC. The van der Waals surface area contributed by atoms with Crippen molar-refractivity contribution in [1.82, 2.24) is 0 Å². The second-order valence-electron chi connectivity index (χ2n) is 7.99. The fourth-order valence-electron chi connectivity index (χ4n) is 3.70. The number of amides is 1. The molecule has 8 nitrogen and oxygen atoms in total. The van der Waals surface area contributed by atoms with Crippen LogP contribution in [-0.4, -0.2) is 41.2 Å². The minimum absolute atomic E-state index is 0.144. The standard InChI is InChI=1S/C25H26N2O6S/c1-16-5-9-19(10-6-16)34(29,30)27-15-24(33-22-13-17(2)7-11-20(22)27)25(28)26-18-8-12-21(31-3)23(14-18)32-4/h5-14,24H,15H2,1-4H3,(H,26,28)/t24-/m0/s1. The molecule has 0 aromatic heterocycles. The number of benzene rings is 3. The summed E-state index contributed by atoms with van der Waals surface area (Å²) in [7, 11) is -0.904. The van der Waals surface area contributed by atoms with E-state index in [4.69, 9.17) is 14.2 Å². The van der Waals surface area contributed by atoms with Crippen molar-refractivity contribution in [1.29, 1.82) is 0 Å². The quantitative estimate of drug-likeness (QED) is 0.573. The first-order valence-corrected chi connectivity index (χ1v) is 12.1. The molecule has 1 amide bonds. The maximum atomic E-state index is 13.5. The predicted octanol–water partition coefficient (Wildman–Crippen LogP) is 3.92. The second-order valence-corrected chi connectivity index (χ2v) is 9.85. The molecule has 9 heteroatoms. The van der Waals surface area contributed by atoms with Crippen molar-refractivity contribution in [2.75, 3.05) is 30.4 Å². The van der Waals surface area contributed by atoms with Gasteiger partial charge < -0.3 is 19.5 Å². The molecule has 1 atom stereocenters. The van der Waals surface area contributed by atoms with Gasteiger partial charge in [0.15, 0.2) is 17.6 Å². The van der Waals surface area contributed by atoms with Gasteiger partial charge >= 0.3 is 0 Å². The lowest BCUT2D eigenvalue weighted by Crippen LogP contribution is -2.48. The molecular formula is C25H26N2O6S. The highest BCUT2D eigenvalue weighted by Gasteiger charge is 2.37. The Kier molecular flexibility index (Phi) is 6.39. The molecule has 0 bridgehead atoms. The average Bonchev–Trinajstić information content (AvgIpc) is 2.83. The summed E-state index contributed by atoms with van der Waals surface area (Å²) >= 11 is 0. The number of aryl methyl sites for hydroxylation is 2. The summed E-state index contributed by atoms with van der Waals surface area (Å²) in [6, 6.07) is 16.8.